The van der Waals surface area contributed by atoms with Gasteiger partial charge in [0.25, 0.3) is 0 Å². The van der Waals surface area contributed by atoms with Crippen LogP contribution in [0.4, 0.5) is 0 Å². The first kappa shape index (κ1) is 10.6. The Hall–Kier alpha value is -0.530. The van der Waals surface area contributed by atoms with E-state index in [1.165, 1.54) is 0 Å². The van der Waals surface area contributed by atoms with Crippen LogP contribution < -0.4 is 5.32 Å². The first-order chi connectivity index (χ1) is 6.14. The van der Waals surface area contributed by atoms with Gasteiger partial charge in [-0.1, -0.05) is 0 Å². The maximum absolute atomic E-state index is 11.1. The molecule has 0 aromatic rings. The first-order valence-electron chi connectivity index (χ1n) is 4.47. The zero-order chi connectivity index (χ0) is 9.73. The van der Waals surface area contributed by atoms with Crippen LogP contribution in [0.2, 0.25) is 0 Å². The molecule has 0 aromatic heterocycles. The lowest BCUT2D eigenvalue weighted by molar-refractivity contribution is 0.562. The molecule has 0 spiro atoms. The first-order valence-corrected chi connectivity index (χ1v) is 6.29. The van der Waals surface area contributed by atoms with Crippen LogP contribution in [0.1, 0.15) is 19.8 Å². The van der Waals surface area contributed by atoms with Crippen molar-refractivity contribution in [1.82, 2.24) is 5.32 Å². The fourth-order valence-electron chi connectivity index (χ4n) is 1.42. The maximum atomic E-state index is 11.1. The summed E-state index contributed by atoms with van der Waals surface area (Å²) in [5.74, 6) is 6.37. The summed E-state index contributed by atoms with van der Waals surface area (Å²) in [7, 11) is -2.74. The zero-order valence-electron chi connectivity index (χ0n) is 7.84. The van der Waals surface area contributed by atoms with Crippen LogP contribution in [0.15, 0.2) is 0 Å². The molecule has 4 heteroatoms. The average Bonchev–Trinajstić information content (AvgIpc) is 2.40. The predicted octanol–water partition coefficient (Wildman–Crippen LogP) is 0.176. The Morgan fingerprint density at radius 3 is 2.85 bits per heavy atom. The van der Waals surface area contributed by atoms with E-state index < -0.39 is 9.84 Å². The minimum Gasteiger partial charge on any atom is -0.312 e. The van der Waals surface area contributed by atoms with Crippen LogP contribution in [0, 0.1) is 11.8 Å². The Morgan fingerprint density at radius 2 is 2.31 bits per heavy atom. The zero-order valence-corrected chi connectivity index (χ0v) is 8.65. The molecule has 0 aliphatic carbocycles. The number of rotatable bonds is 3. The van der Waals surface area contributed by atoms with Crippen LogP contribution in [0.5, 0.6) is 0 Å². The van der Waals surface area contributed by atoms with E-state index >= 15 is 0 Å². The molecule has 0 saturated carbocycles. The molecule has 74 valence electrons. The second-order valence-electron chi connectivity index (χ2n) is 3.23. The molecule has 1 heterocycles. The highest BCUT2D eigenvalue weighted by Crippen LogP contribution is 2.10. The van der Waals surface area contributed by atoms with Gasteiger partial charge in [-0.2, -0.15) is 0 Å². The third-order valence-electron chi connectivity index (χ3n) is 2.09. The number of hydrogen-bond acceptors (Lipinski definition) is 3. The van der Waals surface area contributed by atoms with E-state index in [0.29, 0.717) is 11.5 Å². The Balaban J connectivity index is 2.20. The van der Waals surface area contributed by atoms with Gasteiger partial charge in [0.1, 0.15) is 0 Å². The van der Waals surface area contributed by atoms with E-state index in [-0.39, 0.29) is 6.04 Å². The van der Waals surface area contributed by atoms with Crippen LogP contribution >= 0.6 is 0 Å². The van der Waals surface area contributed by atoms with Crippen molar-refractivity contribution in [1.29, 1.82) is 0 Å². The van der Waals surface area contributed by atoms with Crippen molar-refractivity contribution in [2.75, 3.05) is 18.1 Å². The molecule has 0 radical (unpaired) electrons. The molecule has 1 aliphatic heterocycles. The van der Waals surface area contributed by atoms with Gasteiger partial charge in [0, 0.05) is 19.0 Å². The van der Waals surface area contributed by atoms with Gasteiger partial charge in [-0.05, 0) is 13.3 Å². The molecule has 1 N–H and O–H groups in total. The summed E-state index contributed by atoms with van der Waals surface area (Å²) in [6, 6.07) is 0.156. The minimum atomic E-state index is -2.74. The molecule has 0 aromatic carbocycles. The summed E-state index contributed by atoms with van der Waals surface area (Å²) in [6.07, 6.45) is 1.55. The van der Waals surface area contributed by atoms with E-state index in [4.69, 9.17) is 0 Å². The summed E-state index contributed by atoms with van der Waals surface area (Å²) in [5.41, 5.74) is 0. The van der Waals surface area contributed by atoms with Crippen molar-refractivity contribution in [2.24, 2.45) is 0 Å². The van der Waals surface area contributed by atoms with Gasteiger partial charge in [0.15, 0.2) is 9.84 Å². The molecule has 1 unspecified atom stereocenters. The molecule has 13 heavy (non-hydrogen) atoms. The predicted molar refractivity (Wildman–Crippen MR) is 53.1 cm³/mol. The summed E-state index contributed by atoms with van der Waals surface area (Å²) >= 11 is 0. The molecule has 3 nitrogen and oxygen atoms in total. The topological polar surface area (TPSA) is 46.2 Å². The molecular weight excluding hydrogens is 186 g/mol. The molecule has 1 rings (SSSR count). The molecule has 1 aliphatic rings. The van der Waals surface area contributed by atoms with Crippen LogP contribution in [0.25, 0.3) is 0 Å². The van der Waals surface area contributed by atoms with Crippen molar-refractivity contribution >= 4 is 9.84 Å². The van der Waals surface area contributed by atoms with Gasteiger partial charge < -0.3 is 5.32 Å². The highest BCUT2D eigenvalue weighted by atomic mass is 32.2. The van der Waals surface area contributed by atoms with E-state index in [0.717, 1.165) is 19.4 Å². The van der Waals surface area contributed by atoms with Crippen molar-refractivity contribution in [2.45, 2.75) is 25.8 Å². The smallest absolute Gasteiger partial charge is 0.151 e. The number of hydrogen-bond donors (Lipinski definition) is 1. The standard InChI is InChI=1S/C9H15NO2S/c1-2-3-4-6-10-9-5-7-13(11,12)8-9/h9-10H,4-8H2,1H3. The van der Waals surface area contributed by atoms with E-state index in [1.807, 2.05) is 0 Å². The summed E-state index contributed by atoms with van der Waals surface area (Å²) in [6.45, 7) is 2.60. The number of sulfone groups is 1. The minimum absolute atomic E-state index is 0.156. The van der Waals surface area contributed by atoms with Crippen LogP contribution in [-0.2, 0) is 9.84 Å². The van der Waals surface area contributed by atoms with Gasteiger partial charge in [-0.15, -0.1) is 11.8 Å². The Kier molecular flexibility index (Phi) is 3.76. The summed E-state index contributed by atoms with van der Waals surface area (Å²) in [4.78, 5) is 0. The SMILES string of the molecule is CC#CCCNC1CCS(=O)(=O)C1. The fourth-order valence-corrected chi connectivity index (χ4v) is 3.13. The highest BCUT2D eigenvalue weighted by Gasteiger charge is 2.26. The molecule has 1 saturated heterocycles. The Labute approximate surface area is 79.8 Å². The maximum Gasteiger partial charge on any atom is 0.151 e. The second-order valence-corrected chi connectivity index (χ2v) is 5.46. The van der Waals surface area contributed by atoms with Gasteiger partial charge in [-0.3, -0.25) is 0 Å². The molecule has 0 amide bonds. The quantitative estimate of drug-likeness (QED) is 0.523. The van der Waals surface area contributed by atoms with E-state index in [9.17, 15) is 8.42 Å². The molecular formula is C9H15NO2S. The molecule has 0 bridgehead atoms. The molecule has 1 atom stereocenters. The van der Waals surface area contributed by atoms with Crippen LogP contribution in [0.3, 0.4) is 0 Å². The van der Waals surface area contributed by atoms with Crippen molar-refractivity contribution < 1.29 is 8.42 Å². The largest absolute Gasteiger partial charge is 0.312 e. The number of nitrogens with one attached hydrogen (secondary N) is 1. The van der Waals surface area contributed by atoms with Gasteiger partial charge in [-0.25, -0.2) is 8.42 Å². The monoisotopic (exact) mass is 201 g/mol. The highest BCUT2D eigenvalue weighted by molar-refractivity contribution is 7.91. The normalized spacial score (nSPS) is 25.2. The average molecular weight is 201 g/mol. The third kappa shape index (κ3) is 3.79. The van der Waals surface area contributed by atoms with E-state index in [1.54, 1.807) is 6.92 Å². The Bertz CT molecular complexity index is 310. The lowest BCUT2D eigenvalue weighted by Gasteiger charge is -2.07. The van der Waals surface area contributed by atoms with Crippen LogP contribution in [-0.4, -0.2) is 32.5 Å². The second kappa shape index (κ2) is 4.64. The third-order valence-corrected chi connectivity index (χ3v) is 3.86. The molecule has 1 fully saturated rings. The summed E-state index contributed by atoms with van der Waals surface area (Å²) in [5, 5.41) is 3.19. The van der Waals surface area contributed by atoms with Gasteiger partial charge >= 0.3 is 0 Å². The van der Waals surface area contributed by atoms with Crippen molar-refractivity contribution in [3.05, 3.63) is 0 Å². The van der Waals surface area contributed by atoms with Crippen molar-refractivity contribution in [3.63, 3.8) is 0 Å². The van der Waals surface area contributed by atoms with Gasteiger partial charge in [0.05, 0.1) is 11.5 Å². The van der Waals surface area contributed by atoms with E-state index in [2.05, 4.69) is 17.2 Å². The van der Waals surface area contributed by atoms with Crippen molar-refractivity contribution in [3.8, 4) is 11.8 Å². The lowest BCUT2D eigenvalue weighted by Crippen LogP contribution is -2.30. The lowest BCUT2D eigenvalue weighted by atomic mass is 10.2. The summed E-state index contributed by atoms with van der Waals surface area (Å²) < 4.78 is 22.1. The fraction of sp³-hybridized carbons (Fsp3) is 0.778. The Morgan fingerprint density at radius 1 is 1.54 bits per heavy atom. The van der Waals surface area contributed by atoms with Gasteiger partial charge in [0.2, 0.25) is 0 Å².